The number of carboxylic acids is 1. The molecular formula is C10H15NO4. The number of carboxylic acid groups (broad SMARTS) is 1. The standard InChI is InChI=1S/C10H15NO4/c12-8-3-4-15-6-10(11-8,9(13)14)5-7-1-2-7/h7H,1-6H2,(H,11,12)(H,13,14). The molecule has 0 radical (unpaired) electrons. The van der Waals surface area contributed by atoms with E-state index in [-0.39, 0.29) is 18.9 Å². The van der Waals surface area contributed by atoms with E-state index in [0.717, 1.165) is 12.8 Å². The lowest BCUT2D eigenvalue weighted by Gasteiger charge is -2.28. The second-order valence-corrected chi connectivity index (χ2v) is 4.39. The van der Waals surface area contributed by atoms with Crippen LogP contribution in [0.5, 0.6) is 0 Å². The number of rotatable bonds is 3. The summed E-state index contributed by atoms with van der Waals surface area (Å²) >= 11 is 0. The number of carbonyl (C=O) groups is 2. The summed E-state index contributed by atoms with van der Waals surface area (Å²) in [7, 11) is 0. The Morgan fingerprint density at radius 1 is 1.60 bits per heavy atom. The van der Waals surface area contributed by atoms with E-state index in [2.05, 4.69) is 5.32 Å². The number of hydrogen-bond donors (Lipinski definition) is 2. The van der Waals surface area contributed by atoms with Gasteiger partial charge in [-0.3, -0.25) is 4.79 Å². The van der Waals surface area contributed by atoms with E-state index in [1.54, 1.807) is 0 Å². The van der Waals surface area contributed by atoms with Crippen molar-refractivity contribution in [2.45, 2.75) is 31.2 Å². The van der Waals surface area contributed by atoms with Crippen LogP contribution in [0.15, 0.2) is 0 Å². The van der Waals surface area contributed by atoms with E-state index >= 15 is 0 Å². The number of hydrogen-bond acceptors (Lipinski definition) is 3. The zero-order valence-corrected chi connectivity index (χ0v) is 8.49. The second-order valence-electron chi connectivity index (χ2n) is 4.39. The van der Waals surface area contributed by atoms with Crippen LogP contribution in [0.4, 0.5) is 0 Å². The molecule has 2 N–H and O–H groups in total. The zero-order valence-electron chi connectivity index (χ0n) is 8.49. The Kier molecular flexibility index (Phi) is 2.65. The molecule has 0 aromatic carbocycles. The summed E-state index contributed by atoms with van der Waals surface area (Å²) in [5, 5.41) is 11.8. The Labute approximate surface area is 87.8 Å². The third-order valence-electron chi connectivity index (χ3n) is 2.94. The van der Waals surface area contributed by atoms with Crippen molar-refractivity contribution < 1.29 is 19.4 Å². The van der Waals surface area contributed by atoms with Crippen molar-refractivity contribution in [3.8, 4) is 0 Å². The van der Waals surface area contributed by atoms with E-state index in [4.69, 9.17) is 4.74 Å². The first-order chi connectivity index (χ1) is 7.12. The zero-order chi connectivity index (χ0) is 10.9. The van der Waals surface area contributed by atoms with Crippen LogP contribution in [0.3, 0.4) is 0 Å². The van der Waals surface area contributed by atoms with Gasteiger partial charge >= 0.3 is 5.97 Å². The average Bonchev–Trinajstić information content (AvgIpc) is 2.95. The molecule has 2 fully saturated rings. The van der Waals surface area contributed by atoms with Crippen LogP contribution < -0.4 is 5.32 Å². The molecule has 1 aliphatic heterocycles. The highest BCUT2D eigenvalue weighted by Crippen LogP contribution is 2.37. The smallest absolute Gasteiger partial charge is 0.331 e. The number of amides is 1. The van der Waals surface area contributed by atoms with Crippen molar-refractivity contribution in [1.29, 1.82) is 0 Å². The van der Waals surface area contributed by atoms with Crippen molar-refractivity contribution >= 4 is 11.9 Å². The van der Waals surface area contributed by atoms with Crippen LogP contribution >= 0.6 is 0 Å². The lowest BCUT2D eigenvalue weighted by molar-refractivity contribution is -0.149. The molecule has 1 atom stereocenters. The van der Waals surface area contributed by atoms with Gasteiger partial charge in [-0.2, -0.15) is 0 Å². The molecule has 2 aliphatic rings. The molecule has 0 bridgehead atoms. The van der Waals surface area contributed by atoms with Crippen molar-refractivity contribution in [3.05, 3.63) is 0 Å². The minimum atomic E-state index is -1.19. The Morgan fingerprint density at radius 2 is 2.33 bits per heavy atom. The molecule has 15 heavy (non-hydrogen) atoms. The van der Waals surface area contributed by atoms with E-state index in [1.165, 1.54) is 0 Å². The predicted molar refractivity (Wildman–Crippen MR) is 51.3 cm³/mol. The monoisotopic (exact) mass is 213 g/mol. The van der Waals surface area contributed by atoms with Crippen molar-refractivity contribution in [1.82, 2.24) is 5.32 Å². The molecule has 0 aromatic rings. The summed E-state index contributed by atoms with van der Waals surface area (Å²) in [5.74, 6) is -0.775. The minimum Gasteiger partial charge on any atom is -0.479 e. The molecule has 1 heterocycles. The third-order valence-corrected chi connectivity index (χ3v) is 2.94. The normalized spacial score (nSPS) is 31.9. The molecule has 5 heteroatoms. The van der Waals surface area contributed by atoms with Gasteiger partial charge in [0.25, 0.3) is 0 Å². The molecule has 84 valence electrons. The van der Waals surface area contributed by atoms with Crippen LogP contribution in [0.1, 0.15) is 25.7 Å². The summed E-state index contributed by atoms with van der Waals surface area (Å²) in [6, 6.07) is 0. The fourth-order valence-corrected chi connectivity index (χ4v) is 1.90. The van der Waals surface area contributed by atoms with E-state index < -0.39 is 11.5 Å². The second kappa shape index (κ2) is 3.81. The van der Waals surface area contributed by atoms with Gasteiger partial charge in [0.2, 0.25) is 5.91 Å². The van der Waals surface area contributed by atoms with Crippen LogP contribution in [-0.2, 0) is 14.3 Å². The first-order valence-corrected chi connectivity index (χ1v) is 5.24. The maximum Gasteiger partial charge on any atom is 0.331 e. The van der Waals surface area contributed by atoms with Crippen molar-refractivity contribution in [3.63, 3.8) is 0 Å². The molecule has 5 nitrogen and oxygen atoms in total. The maximum atomic E-state index is 11.4. The number of aliphatic carboxylic acids is 1. The van der Waals surface area contributed by atoms with Gasteiger partial charge in [-0.05, 0) is 12.3 Å². The fraction of sp³-hybridized carbons (Fsp3) is 0.800. The van der Waals surface area contributed by atoms with Gasteiger partial charge in [-0.15, -0.1) is 0 Å². The van der Waals surface area contributed by atoms with Gasteiger partial charge < -0.3 is 15.2 Å². The summed E-state index contributed by atoms with van der Waals surface area (Å²) in [4.78, 5) is 22.6. The van der Waals surface area contributed by atoms with E-state index in [1.807, 2.05) is 0 Å². The lowest BCUT2D eigenvalue weighted by Crippen LogP contribution is -2.56. The van der Waals surface area contributed by atoms with E-state index in [0.29, 0.717) is 18.9 Å². The SMILES string of the molecule is O=C1CCOCC(CC2CC2)(C(=O)O)N1. The Hall–Kier alpha value is -1.10. The predicted octanol–water partition coefficient (Wildman–Crippen LogP) is 0.146. The van der Waals surface area contributed by atoms with Gasteiger partial charge in [0.15, 0.2) is 5.54 Å². The highest BCUT2D eigenvalue weighted by Gasteiger charge is 2.45. The van der Waals surface area contributed by atoms with Crippen LogP contribution in [0.2, 0.25) is 0 Å². The Morgan fingerprint density at radius 3 is 2.93 bits per heavy atom. The Balaban J connectivity index is 2.13. The third kappa shape index (κ3) is 2.28. The topological polar surface area (TPSA) is 75.6 Å². The number of carbonyl (C=O) groups excluding carboxylic acids is 1. The average molecular weight is 213 g/mol. The molecule has 1 saturated carbocycles. The van der Waals surface area contributed by atoms with Crippen LogP contribution in [-0.4, -0.2) is 35.7 Å². The number of nitrogens with one attached hydrogen (secondary N) is 1. The summed E-state index contributed by atoms with van der Waals surface area (Å²) < 4.78 is 5.21. The highest BCUT2D eigenvalue weighted by atomic mass is 16.5. The molecule has 1 saturated heterocycles. The van der Waals surface area contributed by atoms with Gasteiger partial charge in [-0.1, -0.05) is 12.8 Å². The Bertz CT molecular complexity index is 287. The van der Waals surface area contributed by atoms with Gasteiger partial charge in [-0.25, -0.2) is 4.79 Å². The quantitative estimate of drug-likeness (QED) is 0.699. The summed E-state index contributed by atoms with van der Waals surface area (Å²) in [5.41, 5.74) is -1.19. The number of ether oxygens (including phenoxy) is 1. The van der Waals surface area contributed by atoms with Gasteiger partial charge in [0, 0.05) is 6.42 Å². The molecule has 1 aliphatic carbocycles. The van der Waals surface area contributed by atoms with Gasteiger partial charge in [0.05, 0.1) is 13.2 Å². The van der Waals surface area contributed by atoms with Crippen LogP contribution in [0.25, 0.3) is 0 Å². The first-order valence-electron chi connectivity index (χ1n) is 5.24. The van der Waals surface area contributed by atoms with Crippen LogP contribution in [0, 0.1) is 5.92 Å². The molecule has 0 spiro atoms. The fourth-order valence-electron chi connectivity index (χ4n) is 1.90. The lowest BCUT2D eigenvalue weighted by atomic mass is 9.93. The molecular weight excluding hydrogens is 198 g/mol. The van der Waals surface area contributed by atoms with Crippen molar-refractivity contribution in [2.75, 3.05) is 13.2 Å². The maximum absolute atomic E-state index is 11.4. The summed E-state index contributed by atoms with van der Waals surface area (Å²) in [6.07, 6.45) is 2.86. The van der Waals surface area contributed by atoms with Crippen molar-refractivity contribution in [2.24, 2.45) is 5.92 Å². The molecule has 0 aromatic heterocycles. The molecule has 1 unspecified atom stereocenters. The summed E-state index contributed by atoms with van der Waals surface area (Å²) in [6.45, 7) is 0.399. The minimum absolute atomic E-state index is 0.0879. The molecule has 1 amide bonds. The van der Waals surface area contributed by atoms with Gasteiger partial charge in [0.1, 0.15) is 0 Å². The largest absolute Gasteiger partial charge is 0.479 e. The van der Waals surface area contributed by atoms with E-state index in [9.17, 15) is 14.7 Å². The molecule has 2 rings (SSSR count). The first kappa shape index (κ1) is 10.4. The highest BCUT2D eigenvalue weighted by molar-refractivity contribution is 5.87.